The van der Waals surface area contributed by atoms with Crippen LogP contribution in [0.5, 0.6) is 5.75 Å². The fourth-order valence-corrected chi connectivity index (χ4v) is 2.89. The van der Waals surface area contributed by atoms with Gasteiger partial charge >= 0.3 is 0 Å². The van der Waals surface area contributed by atoms with E-state index < -0.39 is 6.10 Å². The van der Waals surface area contributed by atoms with Crippen LogP contribution in [-0.4, -0.2) is 41.6 Å². The van der Waals surface area contributed by atoms with Crippen LogP contribution in [0.25, 0.3) is 0 Å². The second-order valence-corrected chi connectivity index (χ2v) is 6.05. The number of ether oxygens (including phenoxy) is 1. The minimum Gasteiger partial charge on any atom is -0.497 e. The van der Waals surface area contributed by atoms with Gasteiger partial charge in [0.2, 0.25) is 0 Å². The van der Waals surface area contributed by atoms with Crippen molar-refractivity contribution in [1.82, 2.24) is 15.1 Å². The lowest BCUT2D eigenvalue weighted by Crippen LogP contribution is -2.36. The molecule has 0 saturated carbocycles. The van der Waals surface area contributed by atoms with E-state index in [0.717, 1.165) is 42.5 Å². The zero-order chi connectivity index (χ0) is 16.2. The Balaban J connectivity index is 1.46. The first-order valence-corrected chi connectivity index (χ1v) is 7.97. The highest BCUT2D eigenvalue weighted by molar-refractivity contribution is 5.38. The second kappa shape index (κ2) is 7.02. The molecule has 0 unspecified atom stereocenters. The van der Waals surface area contributed by atoms with Crippen molar-refractivity contribution in [2.24, 2.45) is 5.92 Å². The number of hydrogen-bond donors (Lipinski definition) is 3. The molecule has 6 nitrogen and oxygen atoms in total. The molecule has 124 valence electrons. The van der Waals surface area contributed by atoms with Crippen LogP contribution in [-0.2, 0) is 6.54 Å². The average Bonchev–Trinajstić information content (AvgIpc) is 2.94. The lowest BCUT2D eigenvalue weighted by Gasteiger charge is -2.25. The second-order valence-electron chi connectivity index (χ2n) is 6.05. The molecular weight excluding hydrogens is 292 g/mol. The van der Waals surface area contributed by atoms with Gasteiger partial charge in [-0.25, -0.2) is 4.68 Å². The van der Waals surface area contributed by atoms with Gasteiger partial charge in [0, 0.05) is 38.2 Å². The van der Waals surface area contributed by atoms with Gasteiger partial charge in [0.05, 0.1) is 18.9 Å². The number of aliphatic hydroxyl groups is 1. The Hall–Kier alpha value is -2.05. The van der Waals surface area contributed by atoms with Crippen LogP contribution in [0.1, 0.15) is 17.4 Å². The molecule has 0 bridgehead atoms. The third-order valence-electron chi connectivity index (χ3n) is 4.18. The standard InChI is InChI=1S/C17H24N4O2/c1-12-7-17-19-9-13(11-21(17)20-12)8-18-10-16(22)14-3-5-15(23-2)6-4-14/h3-7,13,16,18-19,22H,8-11H2,1-2H3/t13-,16-/m0/s1. The quantitative estimate of drug-likeness (QED) is 0.754. The largest absolute Gasteiger partial charge is 0.497 e. The van der Waals surface area contributed by atoms with E-state index in [0.29, 0.717) is 12.5 Å². The molecule has 0 aliphatic carbocycles. The van der Waals surface area contributed by atoms with E-state index in [1.54, 1.807) is 7.11 Å². The van der Waals surface area contributed by atoms with Crippen molar-refractivity contribution >= 4 is 5.82 Å². The normalized spacial score (nSPS) is 18.1. The minimum atomic E-state index is -0.514. The molecule has 2 atom stereocenters. The number of fused-ring (bicyclic) bond motifs is 1. The molecule has 1 aliphatic heterocycles. The third kappa shape index (κ3) is 3.83. The molecule has 0 saturated heterocycles. The Morgan fingerprint density at radius 2 is 2.22 bits per heavy atom. The number of aliphatic hydroxyl groups excluding tert-OH is 1. The van der Waals surface area contributed by atoms with Gasteiger partial charge in [0.15, 0.2) is 0 Å². The zero-order valence-electron chi connectivity index (χ0n) is 13.6. The highest BCUT2D eigenvalue weighted by Gasteiger charge is 2.19. The first-order chi connectivity index (χ1) is 11.2. The average molecular weight is 316 g/mol. The number of methoxy groups -OCH3 is 1. The topological polar surface area (TPSA) is 71.3 Å². The Labute approximate surface area is 136 Å². The maximum Gasteiger partial charge on any atom is 0.124 e. The van der Waals surface area contributed by atoms with Crippen molar-refractivity contribution in [1.29, 1.82) is 0 Å². The molecule has 1 aromatic heterocycles. The van der Waals surface area contributed by atoms with Crippen molar-refractivity contribution in [2.75, 3.05) is 32.1 Å². The Kier molecular flexibility index (Phi) is 4.83. The molecule has 1 aliphatic rings. The van der Waals surface area contributed by atoms with Gasteiger partial charge in [-0.1, -0.05) is 12.1 Å². The van der Waals surface area contributed by atoms with E-state index in [1.165, 1.54) is 0 Å². The number of rotatable bonds is 6. The minimum absolute atomic E-state index is 0.463. The number of aryl methyl sites for hydroxylation is 1. The molecule has 23 heavy (non-hydrogen) atoms. The molecule has 6 heteroatoms. The molecule has 2 aromatic rings. The van der Waals surface area contributed by atoms with Gasteiger partial charge < -0.3 is 20.5 Å². The predicted octanol–water partition coefficient (Wildman–Crippen LogP) is 1.57. The Bertz CT molecular complexity index is 639. The van der Waals surface area contributed by atoms with Crippen LogP contribution < -0.4 is 15.4 Å². The molecule has 0 fully saturated rings. The van der Waals surface area contributed by atoms with Crippen molar-refractivity contribution in [3.8, 4) is 5.75 Å². The van der Waals surface area contributed by atoms with E-state index in [2.05, 4.69) is 21.8 Å². The summed E-state index contributed by atoms with van der Waals surface area (Å²) in [5.74, 6) is 2.36. The lowest BCUT2D eigenvalue weighted by molar-refractivity contribution is 0.172. The number of aromatic nitrogens is 2. The molecule has 3 N–H and O–H groups in total. The Morgan fingerprint density at radius 1 is 1.43 bits per heavy atom. The molecule has 3 rings (SSSR count). The maximum atomic E-state index is 10.2. The fraction of sp³-hybridized carbons (Fsp3) is 0.471. The summed E-state index contributed by atoms with van der Waals surface area (Å²) >= 11 is 0. The molecule has 0 amide bonds. The number of nitrogens with one attached hydrogen (secondary N) is 2. The van der Waals surface area contributed by atoms with Gasteiger partial charge in [-0.2, -0.15) is 5.10 Å². The molecule has 1 aromatic carbocycles. The van der Waals surface area contributed by atoms with Crippen molar-refractivity contribution in [2.45, 2.75) is 19.6 Å². The van der Waals surface area contributed by atoms with E-state index in [4.69, 9.17) is 4.74 Å². The molecule has 0 radical (unpaired) electrons. The third-order valence-corrected chi connectivity index (χ3v) is 4.18. The highest BCUT2D eigenvalue weighted by atomic mass is 16.5. The summed E-state index contributed by atoms with van der Waals surface area (Å²) in [7, 11) is 1.64. The van der Waals surface area contributed by atoms with Crippen molar-refractivity contribution < 1.29 is 9.84 Å². The summed E-state index contributed by atoms with van der Waals surface area (Å²) in [6, 6.07) is 9.59. The van der Waals surface area contributed by atoms with Crippen LogP contribution in [0.4, 0.5) is 5.82 Å². The van der Waals surface area contributed by atoms with E-state index in [9.17, 15) is 5.11 Å². The van der Waals surface area contributed by atoms with Crippen molar-refractivity contribution in [3.05, 3.63) is 41.6 Å². The van der Waals surface area contributed by atoms with Gasteiger partial charge in [0.25, 0.3) is 0 Å². The van der Waals surface area contributed by atoms with Crippen molar-refractivity contribution in [3.63, 3.8) is 0 Å². The monoisotopic (exact) mass is 316 g/mol. The van der Waals surface area contributed by atoms with Crippen LogP contribution in [0.2, 0.25) is 0 Å². The molecular formula is C17H24N4O2. The van der Waals surface area contributed by atoms with Gasteiger partial charge in [-0.15, -0.1) is 0 Å². The van der Waals surface area contributed by atoms with Crippen LogP contribution in [0.3, 0.4) is 0 Å². The first-order valence-electron chi connectivity index (χ1n) is 7.97. The number of hydrogen-bond acceptors (Lipinski definition) is 5. The fourth-order valence-electron chi connectivity index (χ4n) is 2.89. The van der Waals surface area contributed by atoms with Gasteiger partial charge in [-0.3, -0.25) is 0 Å². The summed E-state index contributed by atoms with van der Waals surface area (Å²) < 4.78 is 7.15. The van der Waals surface area contributed by atoms with E-state index in [-0.39, 0.29) is 0 Å². The van der Waals surface area contributed by atoms with Crippen LogP contribution >= 0.6 is 0 Å². The van der Waals surface area contributed by atoms with E-state index in [1.807, 2.05) is 35.9 Å². The first kappa shape index (κ1) is 15.8. The maximum absolute atomic E-state index is 10.2. The van der Waals surface area contributed by atoms with Gasteiger partial charge in [0.1, 0.15) is 11.6 Å². The molecule has 2 heterocycles. The number of nitrogens with zero attached hydrogens (tertiary/aromatic N) is 2. The zero-order valence-corrected chi connectivity index (χ0v) is 13.6. The van der Waals surface area contributed by atoms with Gasteiger partial charge in [-0.05, 0) is 24.6 Å². The predicted molar refractivity (Wildman–Crippen MR) is 89.8 cm³/mol. The summed E-state index contributed by atoms with van der Waals surface area (Å²) in [6.07, 6.45) is -0.514. The highest BCUT2D eigenvalue weighted by Crippen LogP contribution is 2.19. The summed E-state index contributed by atoms with van der Waals surface area (Å²) in [5, 5.41) is 21.5. The smallest absolute Gasteiger partial charge is 0.124 e. The lowest BCUT2D eigenvalue weighted by atomic mass is 10.1. The van der Waals surface area contributed by atoms with Crippen LogP contribution in [0.15, 0.2) is 30.3 Å². The number of anilines is 1. The SMILES string of the molecule is COc1ccc([C@@H](O)CNC[C@H]2CNc3cc(C)nn3C2)cc1. The van der Waals surface area contributed by atoms with Crippen LogP contribution in [0, 0.1) is 12.8 Å². The summed E-state index contributed by atoms with van der Waals surface area (Å²) in [6.45, 7) is 5.22. The van der Waals surface area contributed by atoms with E-state index >= 15 is 0 Å². The number of benzene rings is 1. The molecule has 0 spiro atoms. The Morgan fingerprint density at radius 3 is 2.96 bits per heavy atom. The summed E-state index contributed by atoms with van der Waals surface area (Å²) in [5.41, 5.74) is 1.93. The summed E-state index contributed by atoms with van der Waals surface area (Å²) in [4.78, 5) is 0.